The third-order valence-corrected chi connectivity index (χ3v) is 5.73. The molecule has 0 aromatic heterocycles. The molecule has 8 heteroatoms. The molecule has 7 nitrogen and oxygen atoms in total. The van der Waals surface area contributed by atoms with Crippen LogP contribution in [0, 0.1) is 0 Å². The molecule has 2 N–H and O–H groups in total. The van der Waals surface area contributed by atoms with Crippen molar-refractivity contribution in [1.82, 2.24) is 5.32 Å². The van der Waals surface area contributed by atoms with Gasteiger partial charge >= 0.3 is 0 Å². The number of rotatable bonds is 8. The van der Waals surface area contributed by atoms with Gasteiger partial charge in [-0.25, -0.2) is 0 Å². The lowest BCUT2D eigenvalue weighted by Crippen LogP contribution is -2.41. The number of carbonyl (C=O) groups is 2. The maximum atomic E-state index is 12.7. The fourth-order valence-electron chi connectivity index (χ4n) is 2.97. The van der Waals surface area contributed by atoms with Gasteiger partial charge in [0.25, 0.3) is 0 Å². The molecule has 3 rings (SSSR count). The first kappa shape index (κ1) is 22.6. The fraction of sp³-hybridized carbons (Fsp3) is 0.304. The predicted molar refractivity (Wildman–Crippen MR) is 126 cm³/mol. The summed E-state index contributed by atoms with van der Waals surface area (Å²) >= 11 is 1.21. The standard InChI is InChI=1S/C23H26N4O3S/c1-3-4-10-19(16-8-6-5-7-9-16)26-27-23-25-21(28)15-20(31-23)22(29)24-17-11-13-18(30-2)14-12-17/h5-9,11-14,20H,3-4,10,15H2,1-2H3,(H,24,29)(H,25,27,28)/b26-19+/t20-/m0/s1. The van der Waals surface area contributed by atoms with Gasteiger partial charge in [0.2, 0.25) is 11.8 Å². The number of hydrogen-bond acceptors (Lipinski definition) is 6. The van der Waals surface area contributed by atoms with Crippen LogP contribution in [0.2, 0.25) is 0 Å². The SMILES string of the molecule is CCCC/C(=N\N=C1/NC(=O)C[C@@H](C(=O)Nc2ccc(OC)cc2)S1)c1ccccc1. The largest absolute Gasteiger partial charge is 0.497 e. The second kappa shape index (κ2) is 11.3. The van der Waals surface area contributed by atoms with Crippen LogP contribution in [0.5, 0.6) is 5.75 Å². The molecular weight excluding hydrogens is 412 g/mol. The average Bonchev–Trinajstić information content (AvgIpc) is 2.80. The van der Waals surface area contributed by atoms with Crippen LogP contribution < -0.4 is 15.4 Å². The Bertz CT molecular complexity index is 959. The van der Waals surface area contributed by atoms with Crippen LogP contribution in [0.25, 0.3) is 0 Å². The van der Waals surface area contributed by atoms with Crippen molar-refractivity contribution < 1.29 is 14.3 Å². The second-order valence-corrected chi connectivity index (χ2v) is 8.19. The number of amidine groups is 1. The van der Waals surface area contributed by atoms with Gasteiger partial charge in [-0.05, 0) is 42.7 Å². The van der Waals surface area contributed by atoms with E-state index in [0.717, 1.165) is 30.5 Å². The molecule has 0 radical (unpaired) electrons. The first-order valence-corrected chi connectivity index (χ1v) is 11.1. The van der Waals surface area contributed by atoms with Gasteiger partial charge in [-0.15, -0.1) is 5.10 Å². The Hall–Kier alpha value is -3.13. The minimum absolute atomic E-state index is 0.0801. The Morgan fingerprint density at radius 1 is 1.19 bits per heavy atom. The molecule has 2 aromatic carbocycles. The average molecular weight is 439 g/mol. The van der Waals surface area contributed by atoms with Gasteiger partial charge in [0.15, 0.2) is 5.17 Å². The molecule has 0 saturated carbocycles. The summed E-state index contributed by atoms with van der Waals surface area (Å²) in [7, 11) is 1.58. The lowest BCUT2D eigenvalue weighted by Gasteiger charge is -2.21. The van der Waals surface area contributed by atoms with Gasteiger partial charge in [-0.1, -0.05) is 55.4 Å². The highest BCUT2D eigenvalue weighted by Crippen LogP contribution is 2.23. The lowest BCUT2D eigenvalue weighted by atomic mass is 10.1. The van der Waals surface area contributed by atoms with E-state index in [1.807, 2.05) is 30.3 Å². The summed E-state index contributed by atoms with van der Waals surface area (Å²) in [5, 5.41) is 14.0. The van der Waals surface area contributed by atoms with Crippen molar-refractivity contribution in [3.8, 4) is 5.75 Å². The minimum Gasteiger partial charge on any atom is -0.497 e. The van der Waals surface area contributed by atoms with Gasteiger partial charge in [0.05, 0.1) is 12.8 Å². The number of hydrogen-bond donors (Lipinski definition) is 2. The van der Waals surface area contributed by atoms with Gasteiger partial charge < -0.3 is 15.4 Å². The van der Waals surface area contributed by atoms with Gasteiger partial charge in [-0.3, -0.25) is 9.59 Å². The van der Waals surface area contributed by atoms with Crippen molar-refractivity contribution in [3.05, 3.63) is 60.2 Å². The van der Waals surface area contributed by atoms with E-state index < -0.39 is 5.25 Å². The number of carbonyl (C=O) groups excluding carboxylic acids is 2. The highest BCUT2D eigenvalue weighted by Gasteiger charge is 2.30. The Balaban J connectivity index is 1.72. The van der Waals surface area contributed by atoms with E-state index in [-0.39, 0.29) is 18.2 Å². The Labute approximate surface area is 186 Å². The maximum absolute atomic E-state index is 12.7. The van der Waals surface area contributed by atoms with Gasteiger partial charge in [-0.2, -0.15) is 5.10 Å². The van der Waals surface area contributed by atoms with Gasteiger partial charge in [0.1, 0.15) is 11.0 Å². The third kappa shape index (κ3) is 6.68. The summed E-state index contributed by atoms with van der Waals surface area (Å²) in [6.45, 7) is 2.12. The molecular formula is C23H26N4O3S. The molecule has 1 aliphatic rings. The Morgan fingerprint density at radius 2 is 1.94 bits per heavy atom. The zero-order valence-electron chi connectivity index (χ0n) is 17.6. The zero-order chi connectivity index (χ0) is 22.1. The van der Waals surface area contributed by atoms with E-state index in [9.17, 15) is 9.59 Å². The number of methoxy groups -OCH3 is 1. The fourth-order valence-corrected chi connectivity index (χ4v) is 3.90. The summed E-state index contributed by atoms with van der Waals surface area (Å²) in [5.74, 6) is 0.197. The highest BCUT2D eigenvalue weighted by atomic mass is 32.2. The van der Waals surface area contributed by atoms with Crippen LogP contribution >= 0.6 is 11.8 Å². The molecule has 1 aliphatic heterocycles. The van der Waals surface area contributed by atoms with Crippen molar-refractivity contribution in [2.45, 2.75) is 37.9 Å². The summed E-state index contributed by atoms with van der Waals surface area (Å²) in [4.78, 5) is 24.8. The van der Waals surface area contributed by atoms with E-state index in [1.165, 1.54) is 11.8 Å². The van der Waals surface area contributed by atoms with E-state index in [0.29, 0.717) is 16.6 Å². The number of nitrogens with one attached hydrogen (secondary N) is 2. The highest BCUT2D eigenvalue weighted by molar-refractivity contribution is 8.15. The molecule has 0 bridgehead atoms. The quantitative estimate of drug-likeness (QED) is 0.477. The lowest BCUT2D eigenvalue weighted by molar-refractivity contribution is -0.123. The molecule has 1 atom stereocenters. The number of ether oxygens (including phenoxy) is 1. The van der Waals surface area contributed by atoms with Crippen molar-refractivity contribution in [2.75, 3.05) is 12.4 Å². The number of nitrogens with zero attached hydrogens (tertiary/aromatic N) is 2. The van der Waals surface area contributed by atoms with Crippen LogP contribution in [-0.4, -0.2) is 35.1 Å². The third-order valence-electron chi connectivity index (χ3n) is 4.66. The summed E-state index contributed by atoms with van der Waals surface area (Å²) in [5.41, 5.74) is 2.50. The molecule has 31 heavy (non-hydrogen) atoms. The van der Waals surface area contributed by atoms with Crippen molar-refractivity contribution in [2.24, 2.45) is 10.2 Å². The Kier molecular flexibility index (Phi) is 8.23. The van der Waals surface area contributed by atoms with E-state index in [2.05, 4.69) is 27.8 Å². The number of unbranched alkanes of at least 4 members (excludes halogenated alkanes) is 1. The molecule has 1 fully saturated rings. The number of anilines is 1. The predicted octanol–water partition coefficient (Wildman–Crippen LogP) is 4.21. The maximum Gasteiger partial charge on any atom is 0.238 e. The number of thioether (sulfide) groups is 1. The summed E-state index contributed by atoms with van der Waals surface area (Å²) in [6, 6.07) is 16.9. The molecule has 0 unspecified atom stereocenters. The minimum atomic E-state index is -0.583. The van der Waals surface area contributed by atoms with Crippen molar-refractivity contribution >= 4 is 40.1 Å². The Morgan fingerprint density at radius 3 is 2.61 bits per heavy atom. The second-order valence-electron chi connectivity index (χ2n) is 7.00. The normalized spacial score (nSPS) is 17.9. The summed E-state index contributed by atoms with van der Waals surface area (Å²) < 4.78 is 5.12. The van der Waals surface area contributed by atoms with E-state index in [1.54, 1.807) is 31.4 Å². The van der Waals surface area contributed by atoms with Crippen LogP contribution in [0.3, 0.4) is 0 Å². The van der Waals surface area contributed by atoms with Gasteiger partial charge in [0, 0.05) is 12.1 Å². The van der Waals surface area contributed by atoms with Crippen molar-refractivity contribution in [1.29, 1.82) is 0 Å². The zero-order valence-corrected chi connectivity index (χ0v) is 18.4. The smallest absolute Gasteiger partial charge is 0.238 e. The van der Waals surface area contributed by atoms with Crippen LogP contribution in [0.15, 0.2) is 64.8 Å². The number of amides is 2. The molecule has 1 saturated heterocycles. The molecule has 2 aromatic rings. The molecule has 0 spiro atoms. The first-order valence-electron chi connectivity index (χ1n) is 10.2. The first-order chi connectivity index (χ1) is 15.1. The monoisotopic (exact) mass is 438 g/mol. The van der Waals surface area contributed by atoms with E-state index >= 15 is 0 Å². The molecule has 2 amide bonds. The summed E-state index contributed by atoms with van der Waals surface area (Å²) in [6.07, 6.45) is 2.90. The number of benzene rings is 2. The molecule has 162 valence electrons. The van der Waals surface area contributed by atoms with E-state index in [4.69, 9.17) is 4.74 Å². The molecule has 1 heterocycles. The van der Waals surface area contributed by atoms with Crippen LogP contribution in [-0.2, 0) is 9.59 Å². The topological polar surface area (TPSA) is 92.2 Å². The van der Waals surface area contributed by atoms with Crippen molar-refractivity contribution in [3.63, 3.8) is 0 Å². The molecule has 0 aliphatic carbocycles. The van der Waals surface area contributed by atoms with Crippen LogP contribution in [0.1, 0.15) is 38.2 Å². The van der Waals surface area contributed by atoms with Crippen LogP contribution in [0.4, 0.5) is 5.69 Å².